The minimum Gasteiger partial charge on any atom is -0.369 e. The molecule has 15 heavy (non-hydrogen) atoms. The minimum atomic E-state index is -0.392. The number of carbonyl (C=O) groups is 1. The van der Waals surface area contributed by atoms with Gasteiger partial charge >= 0.3 is 0 Å². The number of halogens is 1. The van der Waals surface area contributed by atoms with E-state index in [1.807, 2.05) is 13.0 Å². The first-order chi connectivity index (χ1) is 7.04. The molecule has 2 N–H and O–H groups in total. The van der Waals surface area contributed by atoms with Crippen LogP contribution >= 0.6 is 15.9 Å². The highest BCUT2D eigenvalue weighted by atomic mass is 79.9. The maximum absolute atomic E-state index is 10.9. The Hall–Kier alpha value is -1.34. The fraction of sp³-hybridized carbons (Fsp3) is 0.273. The number of amides is 1. The van der Waals surface area contributed by atoms with Gasteiger partial charge in [-0.15, -0.1) is 0 Å². The summed E-state index contributed by atoms with van der Waals surface area (Å²) in [5.41, 5.74) is 7.77. The molecule has 0 aliphatic carbocycles. The smallest absolute Gasteiger partial charge is 0.231 e. The van der Waals surface area contributed by atoms with E-state index in [1.165, 1.54) is 0 Å². The number of nitrogens with two attached hydrogens (primary N) is 1. The number of rotatable bonds is 3. The highest BCUT2D eigenvalue weighted by Crippen LogP contribution is 2.15. The van der Waals surface area contributed by atoms with E-state index in [0.717, 1.165) is 11.1 Å². The average molecular weight is 267 g/mol. The number of alkyl halides is 1. The van der Waals surface area contributed by atoms with Crippen LogP contribution in [0.3, 0.4) is 0 Å². The van der Waals surface area contributed by atoms with Crippen LogP contribution in [0.5, 0.6) is 0 Å². The fourth-order valence-corrected chi connectivity index (χ4v) is 1.60. The molecule has 1 rings (SSSR count). The van der Waals surface area contributed by atoms with Gasteiger partial charge in [0, 0.05) is 0 Å². The molecule has 0 saturated carbocycles. The first-order valence-electron chi connectivity index (χ1n) is 4.47. The molecule has 0 aliphatic heterocycles. The lowest BCUT2D eigenvalue weighted by Crippen LogP contribution is -2.25. The number of hydrogen-bond acceptors (Lipinski definition) is 2. The SMILES string of the molecule is Cc1ccc(C#N)cc1CC(Br)C(N)=O. The lowest BCUT2D eigenvalue weighted by molar-refractivity contribution is -0.117. The zero-order valence-electron chi connectivity index (χ0n) is 8.33. The highest BCUT2D eigenvalue weighted by molar-refractivity contribution is 9.10. The van der Waals surface area contributed by atoms with E-state index in [2.05, 4.69) is 22.0 Å². The molecule has 0 heterocycles. The van der Waals surface area contributed by atoms with Crippen LogP contribution in [0, 0.1) is 18.3 Å². The summed E-state index contributed by atoms with van der Waals surface area (Å²) in [6.07, 6.45) is 0.511. The van der Waals surface area contributed by atoms with Crippen LogP contribution in [0.2, 0.25) is 0 Å². The Morgan fingerprint density at radius 1 is 1.67 bits per heavy atom. The number of primary amides is 1. The summed E-state index contributed by atoms with van der Waals surface area (Å²) in [7, 11) is 0. The molecule has 4 heteroatoms. The molecule has 0 saturated heterocycles. The molecule has 0 fully saturated rings. The molecule has 1 unspecified atom stereocenters. The lowest BCUT2D eigenvalue weighted by atomic mass is 10.0. The molecule has 1 amide bonds. The molecule has 0 spiro atoms. The van der Waals surface area contributed by atoms with Crippen molar-refractivity contribution in [1.82, 2.24) is 0 Å². The Kier molecular flexibility index (Phi) is 3.87. The van der Waals surface area contributed by atoms with Crippen molar-refractivity contribution in [3.8, 4) is 6.07 Å². The van der Waals surface area contributed by atoms with Gasteiger partial charge in [0.2, 0.25) is 5.91 Å². The Morgan fingerprint density at radius 2 is 2.33 bits per heavy atom. The van der Waals surface area contributed by atoms with Crippen LogP contribution in [0.15, 0.2) is 18.2 Å². The van der Waals surface area contributed by atoms with Gasteiger partial charge in [-0.1, -0.05) is 22.0 Å². The van der Waals surface area contributed by atoms with Gasteiger partial charge in [0.25, 0.3) is 0 Å². The number of nitrogens with zero attached hydrogens (tertiary/aromatic N) is 1. The van der Waals surface area contributed by atoms with Crippen LogP contribution in [0.1, 0.15) is 16.7 Å². The average Bonchev–Trinajstić information content (AvgIpc) is 2.21. The number of benzene rings is 1. The van der Waals surface area contributed by atoms with Crippen molar-refractivity contribution < 1.29 is 4.79 Å². The second-order valence-electron chi connectivity index (χ2n) is 3.33. The summed E-state index contributed by atoms with van der Waals surface area (Å²) in [6, 6.07) is 7.48. The van der Waals surface area contributed by atoms with Gasteiger partial charge in [-0.25, -0.2) is 0 Å². The molecule has 0 aromatic heterocycles. The molecule has 1 aromatic carbocycles. The molecule has 0 bridgehead atoms. The van der Waals surface area contributed by atoms with Crippen LogP contribution in [-0.2, 0) is 11.2 Å². The molecular formula is C11H11BrN2O. The van der Waals surface area contributed by atoms with Crippen LogP contribution in [0.25, 0.3) is 0 Å². The maximum atomic E-state index is 10.9. The zero-order chi connectivity index (χ0) is 11.4. The third-order valence-electron chi connectivity index (χ3n) is 2.19. The third kappa shape index (κ3) is 3.07. The molecular weight excluding hydrogens is 256 g/mol. The molecule has 78 valence electrons. The van der Waals surface area contributed by atoms with E-state index in [4.69, 9.17) is 11.0 Å². The molecule has 3 nitrogen and oxygen atoms in total. The summed E-state index contributed by atoms with van der Waals surface area (Å²) in [4.78, 5) is 10.5. The summed E-state index contributed by atoms with van der Waals surface area (Å²) < 4.78 is 0. The molecule has 1 aromatic rings. The Balaban J connectivity index is 2.94. The van der Waals surface area contributed by atoms with Crippen molar-refractivity contribution in [3.63, 3.8) is 0 Å². The molecule has 0 radical (unpaired) electrons. The number of aryl methyl sites for hydroxylation is 1. The predicted molar refractivity (Wildman–Crippen MR) is 61.5 cm³/mol. The first kappa shape index (κ1) is 11.7. The van der Waals surface area contributed by atoms with Gasteiger partial charge in [0.15, 0.2) is 0 Å². The van der Waals surface area contributed by atoms with Gasteiger partial charge in [0.1, 0.15) is 0 Å². The highest BCUT2D eigenvalue weighted by Gasteiger charge is 2.13. The van der Waals surface area contributed by atoms with Gasteiger partial charge in [-0.05, 0) is 36.6 Å². The molecule has 0 aliphatic rings. The second kappa shape index (κ2) is 4.94. The topological polar surface area (TPSA) is 66.9 Å². The fourth-order valence-electron chi connectivity index (χ4n) is 1.25. The normalized spacial score (nSPS) is 11.8. The summed E-state index contributed by atoms with van der Waals surface area (Å²) in [5.74, 6) is -0.392. The summed E-state index contributed by atoms with van der Waals surface area (Å²) >= 11 is 3.20. The quantitative estimate of drug-likeness (QED) is 0.846. The maximum Gasteiger partial charge on any atom is 0.231 e. The van der Waals surface area contributed by atoms with Crippen molar-refractivity contribution in [2.75, 3.05) is 0 Å². The Bertz CT molecular complexity index is 423. The first-order valence-corrected chi connectivity index (χ1v) is 5.39. The van der Waals surface area contributed by atoms with Crippen LogP contribution in [0.4, 0.5) is 0 Å². The van der Waals surface area contributed by atoms with Gasteiger partial charge in [0.05, 0.1) is 16.5 Å². The van der Waals surface area contributed by atoms with Crippen LogP contribution in [-0.4, -0.2) is 10.7 Å². The number of carbonyl (C=O) groups excluding carboxylic acids is 1. The van der Waals surface area contributed by atoms with E-state index in [1.54, 1.807) is 12.1 Å². The minimum absolute atomic E-state index is 0.384. The lowest BCUT2D eigenvalue weighted by Gasteiger charge is -2.08. The monoisotopic (exact) mass is 266 g/mol. The van der Waals surface area contributed by atoms with Crippen molar-refractivity contribution in [2.24, 2.45) is 5.73 Å². The van der Waals surface area contributed by atoms with Crippen LogP contribution < -0.4 is 5.73 Å². The Morgan fingerprint density at radius 3 is 2.87 bits per heavy atom. The molecule has 1 atom stereocenters. The summed E-state index contributed by atoms with van der Waals surface area (Å²) in [6.45, 7) is 1.94. The van der Waals surface area contributed by atoms with Crippen molar-refractivity contribution in [1.29, 1.82) is 5.26 Å². The zero-order valence-corrected chi connectivity index (χ0v) is 9.91. The van der Waals surface area contributed by atoms with Gasteiger partial charge in [-0.2, -0.15) is 5.26 Å². The van der Waals surface area contributed by atoms with Crippen molar-refractivity contribution in [3.05, 3.63) is 34.9 Å². The standard InChI is InChI=1S/C11H11BrN2O/c1-7-2-3-8(6-13)4-9(7)5-10(12)11(14)15/h2-4,10H,5H2,1H3,(H2,14,15). The number of nitriles is 1. The summed E-state index contributed by atoms with van der Waals surface area (Å²) in [5, 5.41) is 8.74. The predicted octanol–water partition coefficient (Wildman–Crippen LogP) is 1.66. The van der Waals surface area contributed by atoms with Crippen molar-refractivity contribution >= 4 is 21.8 Å². The van der Waals surface area contributed by atoms with E-state index in [0.29, 0.717) is 12.0 Å². The van der Waals surface area contributed by atoms with E-state index >= 15 is 0 Å². The Labute approximate surface area is 97.0 Å². The number of hydrogen-bond donors (Lipinski definition) is 1. The van der Waals surface area contributed by atoms with E-state index < -0.39 is 5.91 Å². The van der Waals surface area contributed by atoms with E-state index in [9.17, 15) is 4.79 Å². The second-order valence-corrected chi connectivity index (χ2v) is 4.43. The van der Waals surface area contributed by atoms with Gasteiger partial charge < -0.3 is 5.73 Å². The van der Waals surface area contributed by atoms with E-state index in [-0.39, 0.29) is 4.83 Å². The largest absolute Gasteiger partial charge is 0.369 e. The van der Waals surface area contributed by atoms with Gasteiger partial charge in [-0.3, -0.25) is 4.79 Å². The van der Waals surface area contributed by atoms with Crippen molar-refractivity contribution in [2.45, 2.75) is 18.2 Å². The third-order valence-corrected chi connectivity index (χ3v) is 2.96.